The lowest BCUT2D eigenvalue weighted by molar-refractivity contribution is 0.315. The van der Waals surface area contributed by atoms with Gasteiger partial charge in [-0.15, -0.1) is 11.6 Å². The molecule has 0 spiro atoms. The van der Waals surface area contributed by atoms with Gasteiger partial charge in [-0.3, -0.25) is 4.98 Å². The highest BCUT2D eigenvalue weighted by Crippen LogP contribution is 2.18. The second-order valence-electron chi connectivity index (χ2n) is 2.91. The maximum atomic E-state index is 5.55. The second kappa shape index (κ2) is 5.07. The summed E-state index contributed by atoms with van der Waals surface area (Å²) >= 11 is 5.55. The second-order valence-corrected chi connectivity index (χ2v) is 3.29. The first-order valence-electron chi connectivity index (χ1n) is 4.36. The third-order valence-electron chi connectivity index (χ3n) is 1.94. The van der Waals surface area contributed by atoms with Crippen molar-refractivity contribution in [1.29, 1.82) is 0 Å². The van der Waals surface area contributed by atoms with Crippen LogP contribution in [0.25, 0.3) is 0 Å². The standard InChI is InChI=1S/C10H14ClNO/c1-8-9(2)12-6-4-10(8)13-7-3-5-11/h4,6H,3,5,7H2,1-2H3. The Hall–Kier alpha value is -0.760. The van der Waals surface area contributed by atoms with Gasteiger partial charge in [0.05, 0.1) is 6.61 Å². The van der Waals surface area contributed by atoms with Crippen LogP contribution in [-0.4, -0.2) is 17.5 Å². The molecule has 0 unspecified atom stereocenters. The van der Waals surface area contributed by atoms with Gasteiger partial charge in [0.2, 0.25) is 0 Å². The van der Waals surface area contributed by atoms with E-state index in [9.17, 15) is 0 Å². The van der Waals surface area contributed by atoms with Gasteiger partial charge >= 0.3 is 0 Å². The number of pyridine rings is 1. The van der Waals surface area contributed by atoms with E-state index in [-0.39, 0.29) is 0 Å². The van der Waals surface area contributed by atoms with Crippen LogP contribution in [0.2, 0.25) is 0 Å². The molecule has 0 fully saturated rings. The Labute approximate surface area is 83.9 Å². The molecule has 0 radical (unpaired) electrons. The smallest absolute Gasteiger partial charge is 0.125 e. The molecule has 13 heavy (non-hydrogen) atoms. The molecule has 0 N–H and O–H groups in total. The lowest BCUT2D eigenvalue weighted by atomic mass is 10.2. The van der Waals surface area contributed by atoms with Gasteiger partial charge in [-0.1, -0.05) is 0 Å². The first kappa shape index (κ1) is 10.3. The summed E-state index contributed by atoms with van der Waals surface area (Å²) in [4.78, 5) is 4.16. The minimum absolute atomic E-state index is 0.642. The fraction of sp³-hybridized carbons (Fsp3) is 0.500. The Morgan fingerprint density at radius 3 is 2.92 bits per heavy atom. The van der Waals surface area contributed by atoms with Gasteiger partial charge in [0.25, 0.3) is 0 Å². The zero-order valence-electron chi connectivity index (χ0n) is 8.01. The van der Waals surface area contributed by atoms with Crippen LogP contribution in [0.5, 0.6) is 5.75 Å². The van der Waals surface area contributed by atoms with E-state index in [2.05, 4.69) is 4.98 Å². The number of nitrogens with zero attached hydrogens (tertiary/aromatic N) is 1. The van der Waals surface area contributed by atoms with Crippen LogP contribution in [0.15, 0.2) is 12.3 Å². The molecule has 0 amide bonds. The number of hydrogen-bond donors (Lipinski definition) is 0. The average Bonchev–Trinajstić information content (AvgIpc) is 2.13. The molecule has 1 heterocycles. The van der Waals surface area contributed by atoms with Crippen molar-refractivity contribution >= 4 is 11.6 Å². The maximum Gasteiger partial charge on any atom is 0.125 e. The van der Waals surface area contributed by atoms with Crippen molar-refractivity contribution in [3.05, 3.63) is 23.5 Å². The number of rotatable bonds is 4. The third-order valence-corrected chi connectivity index (χ3v) is 2.21. The van der Waals surface area contributed by atoms with Crippen molar-refractivity contribution in [3.63, 3.8) is 0 Å². The van der Waals surface area contributed by atoms with Crippen molar-refractivity contribution in [2.24, 2.45) is 0 Å². The third kappa shape index (κ3) is 2.88. The molecule has 0 aromatic carbocycles. The predicted molar refractivity (Wildman–Crippen MR) is 54.5 cm³/mol. The highest BCUT2D eigenvalue weighted by Gasteiger charge is 2.01. The SMILES string of the molecule is Cc1nccc(OCCCCl)c1C. The molecule has 1 aromatic heterocycles. The number of aryl methyl sites for hydroxylation is 1. The fourth-order valence-corrected chi connectivity index (χ4v) is 1.12. The normalized spacial score (nSPS) is 10.1. The summed E-state index contributed by atoms with van der Waals surface area (Å²) in [5, 5.41) is 0. The largest absolute Gasteiger partial charge is 0.493 e. The Kier molecular flexibility index (Phi) is 4.03. The van der Waals surface area contributed by atoms with Crippen LogP contribution < -0.4 is 4.74 Å². The van der Waals surface area contributed by atoms with Crippen molar-refractivity contribution in [1.82, 2.24) is 4.98 Å². The number of alkyl halides is 1. The summed E-state index contributed by atoms with van der Waals surface area (Å²) in [6, 6.07) is 1.89. The van der Waals surface area contributed by atoms with E-state index in [1.165, 1.54) is 0 Å². The van der Waals surface area contributed by atoms with Crippen molar-refractivity contribution in [2.45, 2.75) is 20.3 Å². The summed E-state index contributed by atoms with van der Waals surface area (Å²) in [6.07, 6.45) is 2.64. The lowest BCUT2D eigenvalue weighted by Gasteiger charge is -2.08. The number of ether oxygens (including phenoxy) is 1. The van der Waals surface area contributed by atoms with E-state index in [4.69, 9.17) is 16.3 Å². The molecule has 2 nitrogen and oxygen atoms in total. The molecule has 0 aliphatic rings. The summed E-state index contributed by atoms with van der Waals surface area (Å²) in [5.41, 5.74) is 2.13. The quantitative estimate of drug-likeness (QED) is 0.550. The molecule has 0 saturated heterocycles. The Morgan fingerprint density at radius 2 is 2.23 bits per heavy atom. The molecule has 0 saturated carbocycles. The van der Waals surface area contributed by atoms with Gasteiger partial charge in [-0.2, -0.15) is 0 Å². The summed E-state index contributed by atoms with van der Waals surface area (Å²) in [7, 11) is 0. The van der Waals surface area contributed by atoms with Crippen LogP contribution in [0.4, 0.5) is 0 Å². The minimum Gasteiger partial charge on any atom is -0.493 e. The Balaban J connectivity index is 2.61. The van der Waals surface area contributed by atoms with Crippen molar-refractivity contribution in [3.8, 4) is 5.75 Å². The number of halogens is 1. The van der Waals surface area contributed by atoms with Gasteiger partial charge in [0, 0.05) is 23.3 Å². The van der Waals surface area contributed by atoms with Crippen LogP contribution >= 0.6 is 11.6 Å². The molecular weight excluding hydrogens is 186 g/mol. The molecule has 0 aliphatic carbocycles. The van der Waals surface area contributed by atoms with E-state index < -0.39 is 0 Å². The maximum absolute atomic E-state index is 5.55. The fourth-order valence-electron chi connectivity index (χ4n) is 1.01. The first-order chi connectivity index (χ1) is 6.25. The van der Waals surface area contributed by atoms with Crippen LogP contribution in [0.1, 0.15) is 17.7 Å². The van der Waals surface area contributed by atoms with Crippen LogP contribution in [-0.2, 0) is 0 Å². The summed E-state index contributed by atoms with van der Waals surface area (Å²) < 4.78 is 5.53. The van der Waals surface area contributed by atoms with Crippen LogP contribution in [0.3, 0.4) is 0 Å². The zero-order valence-corrected chi connectivity index (χ0v) is 8.77. The summed E-state index contributed by atoms with van der Waals surface area (Å²) in [6.45, 7) is 4.66. The van der Waals surface area contributed by atoms with Gasteiger partial charge in [-0.25, -0.2) is 0 Å². The van der Waals surface area contributed by atoms with E-state index in [1.807, 2.05) is 19.9 Å². The molecule has 0 bridgehead atoms. The zero-order chi connectivity index (χ0) is 9.68. The molecular formula is C10H14ClNO. The Morgan fingerprint density at radius 1 is 1.46 bits per heavy atom. The molecule has 3 heteroatoms. The first-order valence-corrected chi connectivity index (χ1v) is 4.90. The van der Waals surface area contributed by atoms with Crippen molar-refractivity contribution < 1.29 is 4.74 Å². The minimum atomic E-state index is 0.642. The summed E-state index contributed by atoms with van der Waals surface area (Å²) in [5.74, 6) is 1.56. The highest BCUT2D eigenvalue weighted by molar-refractivity contribution is 6.17. The number of hydrogen-bond acceptors (Lipinski definition) is 2. The average molecular weight is 200 g/mol. The van der Waals surface area contributed by atoms with Gasteiger partial charge in [0.15, 0.2) is 0 Å². The van der Waals surface area contributed by atoms with Gasteiger partial charge in [0.1, 0.15) is 5.75 Å². The van der Waals surface area contributed by atoms with Crippen molar-refractivity contribution in [2.75, 3.05) is 12.5 Å². The van der Waals surface area contributed by atoms with E-state index >= 15 is 0 Å². The van der Waals surface area contributed by atoms with Gasteiger partial charge < -0.3 is 4.74 Å². The Bertz CT molecular complexity index is 276. The van der Waals surface area contributed by atoms with Crippen LogP contribution in [0, 0.1) is 13.8 Å². The molecule has 1 rings (SSSR count). The predicted octanol–water partition coefficient (Wildman–Crippen LogP) is 2.71. The van der Waals surface area contributed by atoms with E-state index in [0.29, 0.717) is 12.5 Å². The topological polar surface area (TPSA) is 22.1 Å². The van der Waals surface area contributed by atoms with E-state index in [1.54, 1.807) is 6.20 Å². The highest BCUT2D eigenvalue weighted by atomic mass is 35.5. The lowest BCUT2D eigenvalue weighted by Crippen LogP contribution is -2.00. The molecule has 1 aromatic rings. The van der Waals surface area contributed by atoms with Gasteiger partial charge in [-0.05, 0) is 26.3 Å². The monoisotopic (exact) mass is 199 g/mol. The molecule has 72 valence electrons. The molecule has 0 aliphatic heterocycles. The van der Waals surface area contributed by atoms with E-state index in [0.717, 1.165) is 23.4 Å². The number of aromatic nitrogens is 1. The molecule has 0 atom stereocenters.